The second kappa shape index (κ2) is 3.22. The Kier molecular flexibility index (Phi) is 2.04. The van der Waals surface area contributed by atoms with Crippen molar-refractivity contribution in [1.82, 2.24) is 0 Å². The van der Waals surface area contributed by atoms with Crippen molar-refractivity contribution in [2.75, 3.05) is 12.8 Å². The van der Waals surface area contributed by atoms with Crippen LogP contribution in [0.3, 0.4) is 0 Å². The summed E-state index contributed by atoms with van der Waals surface area (Å²) >= 11 is 0. The fraction of sp³-hybridized carbons (Fsp3) is 0.167. The van der Waals surface area contributed by atoms with Crippen LogP contribution in [0.1, 0.15) is 5.56 Å². The van der Waals surface area contributed by atoms with Crippen LogP contribution in [0.4, 0.5) is 5.69 Å². The first-order valence-electron chi connectivity index (χ1n) is 4.55. The molecule has 0 spiro atoms. The summed E-state index contributed by atoms with van der Waals surface area (Å²) in [5.74, 6) is 0.845. The van der Waals surface area contributed by atoms with Gasteiger partial charge in [-0.05, 0) is 23.9 Å². The van der Waals surface area contributed by atoms with Crippen LogP contribution in [0, 0.1) is 6.92 Å². The second-order valence-electron chi connectivity index (χ2n) is 3.40. The summed E-state index contributed by atoms with van der Waals surface area (Å²) in [7, 11) is 1.67. The smallest absolute Gasteiger partial charge is 0.129 e. The molecule has 0 atom stereocenters. The number of ether oxygens (including phenoxy) is 1. The van der Waals surface area contributed by atoms with E-state index < -0.39 is 0 Å². The van der Waals surface area contributed by atoms with E-state index in [0.29, 0.717) is 0 Å². The highest BCUT2D eigenvalue weighted by atomic mass is 16.5. The van der Waals surface area contributed by atoms with Crippen molar-refractivity contribution in [2.45, 2.75) is 6.92 Å². The van der Waals surface area contributed by atoms with Gasteiger partial charge in [-0.3, -0.25) is 0 Å². The Morgan fingerprint density at radius 1 is 1.21 bits per heavy atom. The molecule has 0 amide bonds. The van der Waals surface area contributed by atoms with Gasteiger partial charge in [-0.1, -0.05) is 18.2 Å². The van der Waals surface area contributed by atoms with Crippen LogP contribution in [-0.2, 0) is 0 Å². The molecule has 0 saturated carbocycles. The summed E-state index contributed by atoms with van der Waals surface area (Å²) in [4.78, 5) is 0. The monoisotopic (exact) mass is 187 g/mol. The molecule has 2 rings (SSSR count). The summed E-state index contributed by atoms with van der Waals surface area (Å²) in [6.07, 6.45) is 0. The largest absolute Gasteiger partial charge is 0.496 e. The summed E-state index contributed by atoms with van der Waals surface area (Å²) in [6, 6.07) is 9.96. The predicted octanol–water partition coefficient (Wildman–Crippen LogP) is 2.74. The van der Waals surface area contributed by atoms with Gasteiger partial charge in [0.1, 0.15) is 5.75 Å². The average molecular weight is 187 g/mol. The molecule has 0 unspecified atom stereocenters. The molecule has 2 heteroatoms. The molecule has 0 aromatic heterocycles. The number of nitrogen functional groups attached to an aromatic ring is 1. The van der Waals surface area contributed by atoms with Crippen LogP contribution in [0.25, 0.3) is 10.8 Å². The Hall–Kier alpha value is -1.70. The maximum atomic E-state index is 5.77. The molecule has 2 nitrogen and oxygen atoms in total. The first kappa shape index (κ1) is 8.88. The number of methoxy groups -OCH3 is 1. The molecule has 0 aliphatic rings. The molecule has 0 radical (unpaired) electrons. The van der Waals surface area contributed by atoms with Crippen LogP contribution in [0.5, 0.6) is 5.75 Å². The summed E-state index contributed by atoms with van der Waals surface area (Å²) in [5, 5.41) is 2.27. The minimum atomic E-state index is 0.736. The standard InChI is InChI=1S/C12H13NO/c1-8-4-3-5-9-6-10(13)7-11(14-2)12(8)9/h3-7H,13H2,1-2H3. The van der Waals surface area contributed by atoms with E-state index in [-0.39, 0.29) is 0 Å². The fourth-order valence-corrected chi connectivity index (χ4v) is 1.75. The molecule has 0 fully saturated rings. The maximum Gasteiger partial charge on any atom is 0.129 e. The lowest BCUT2D eigenvalue weighted by atomic mass is 10.0. The zero-order chi connectivity index (χ0) is 10.1. The quantitative estimate of drug-likeness (QED) is 0.697. The molecule has 0 aliphatic carbocycles. The third-order valence-electron chi connectivity index (χ3n) is 2.39. The zero-order valence-corrected chi connectivity index (χ0v) is 8.37. The molecule has 0 heterocycles. The van der Waals surface area contributed by atoms with Gasteiger partial charge in [0.05, 0.1) is 7.11 Å². The van der Waals surface area contributed by atoms with Crippen LogP contribution < -0.4 is 10.5 Å². The molecule has 2 N–H and O–H groups in total. The zero-order valence-electron chi connectivity index (χ0n) is 8.37. The number of anilines is 1. The third-order valence-corrected chi connectivity index (χ3v) is 2.39. The molecule has 2 aromatic carbocycles. The first-order valence-corrected chi connectivity index (χ1v) is 4.55. The van der Waals surface area contributed by atoms with Gasteiger partial charge >= 0.3 is 0 Å². The van der Waals surface area contributed by atoms with E-state index in [0.717, 1.165) is 22.2 Å². The minimum Gasteiger partial charge on any atom is -0.496 e. The molecule has 2 aromatic rings. The first-order chi connectivity index (χ1) is 6.72. The van der Waals surface area contributed by atoms with Crippen molar-refractivity contribution in [3.63, 3.8) is 0 Å². The van der Waals surface area contributed by atoms with Crippen molar-refractivity contribution < 1.29 is 4.74 Å². The molecular formula is C12H13NO. The lowest BCUT2D eigenvalue weighted by molar-refractivity contribution is 0.420. The molecule has 0 saturated heterocycles. The van der Waals surface area contributed by atoms with Gasteiger partial charge in [-0.15, -0.1) is 0 Å². The average Bonchev–Trinajstić information content (AvgIpc) is 2.16. The lowest BCUT2D eigenvalue weighted by Crippen LogP contribution is -1.91. The molecular weight excluding hydrogens is 174 g/mol. The van der Waals surface area contributed by atoms with Crippen molar-refractivity contribution in [2.24, 2.45) is 0 Å². The summed E-state index contributed by atoms with van der Waals surface area (Å²) in [6.45, 7) is 2.07. The summed E-state index contributed by atoms with van der Waals surface area (Å²) < 4.78 is 5.31. The van der Waals surface area contributed by atoms with Crippen molar-refractivity contribution in [3.8, 4) is 5.75 Å². The Morgan fingerprint density at radius 3 is 2.71 bits per heavy atom. The predicted molar refractivity (Wildman–Crippen MR) is 59.6 cm³/mol. The lowest BCUT2D eigenvalue weighted by Gasteiger charge is -2.09. The number of benzene rings is 2. The van der Waals surface area contributed by atoms with E-state index in [1.54, 1.807) is 7.11 Å². The number of fused-ring (bicyclic) bond motifs is 1. The summed E-state index contributed by atoms with van der Waals surface area (Å²) in [5.41, 5.74) is 7.71. The van der Waals surface area contributed by atoms with Crippen LogP contribution in [0.15, 0.2) is 30.3 Å². The van der Waals surface area contributed by atoms with E-state index in [2.05, 4.69) is 13.0 Å². The molecule has 14 heavy (non-hydrogen) atoms. The van der Waals surface area contributed by atoms with Gasteiger partial charge in [-0.25, -0.2) is 0 Å². The Bertz CT molecular complexity index is 477. The normalized spacial score (nSPS) is 10.4. The fourth-order valence-electron chi connectivity index (χ4n) is 1.75. The van der Waals surface area contributed by atoms with E-state index >= 15 is 0 Å². The van der Waals surface area contributed by atoms with Gasteiger partial charge in [0.25, 0.3) is 0 Å². The van der Waals surface area contributed by atoms with E-state index in [9.17, 15) is 0 Å². The molecule has 72 valence electrons. The number of hydrogen-bond acceptors (Lipinski definition) is 2. The second-order valence-corrected chi connectivity index (χ2v) is 3.40. The van der Waals surface area contributed by atoms with Crippen LogP contribution >= 0.6 is 0 Å². The van der Waals surface area contributed by atoms with Crippen molar-refractivity contribution in [3.05, 3.63) is 35.9 Å². The Morgan fingerprint density at radius 2 is 2.00 bits per heavy atom. The highest BCUT2D eigenvalue weighted by Gasteiger charge is 2.04. The van der Waals surface area contributed by atoms with Gasteiger partial charge in [0.15, 0.2) is 0 Å². The highest BCUT2D eigenvalue weighted by molar-refractivity contribution is 5.93. The molecule has 0 aliphatic heterocycles. The highest BCUT2D eigenvalue weighted by Crippen LogP contribution is 2.30. The number of hydrogen-bond donors (Lipinski definition) is 1. The topological polar surface area (TPSA) is 35.2 Å². The van der Waals surface area contributed by atoms with E-state index in [1.807, 2.05) is 24.3 Å². The van der Waals surface area contributed by atoms with Crippen molar-refractivity contribution in [1.29, 1.82) is 0 Å². The minimum absolute atomic E-state index is 0.736. The van der Waals surface area contributed by atoms with Gasteiger partial charge in [0, 0.05) is 17.1 Å². The van der Waals surface area contributed by atoms with Crippen molar-refractivity contribution >= 4 is 16.5 Å². The SMILES string of the molecule is COc1cc(N)cc2cccc(C)c12. The number of aryl methyl sites for hydroxylation is 1. The maximum absolute atomic E-state index is 5.77. The Labute approximate surface area is 83.3 Å². The van der Waals surface area contributed by atoms with Gasteiger partial charge < -0.3 is 10.5 Å². The number of rotatable bonds is 1. The Balaban J connectivity index is 2.88. The van der Waals surface area contributed by atoms with Crippen LogP contribution in [-0.4, -0.2) is 7.11 Å². The van der Waals surface area contributed by atoms with Crippen LogP contribution in [0.2, 0.25) is 0 Å². The third kappa shape index (κ3) is 1.29. The van der Waals surface area contributed by atoms with E-state index in [4.69, 9.17) is 10.5 Å². The van der Waals surface area contributed by atoms with Gasteiger partial charge in [0.2, 0.25) is 0 Å². The molecule has 0 bridgehead atoms. The number of nitrogens with two attached hydrogens (primary N) is 1. The van der Waals surface area contributed by atoms with E-state index in [1.165, 1.54) is 5.56 Å². The van der Waals surface area contributed by atoms with Gasteiger partial charge in [-0.2, -0.15) is 0 Å².